The summed E-state index contributed by atoms with van der Waals surface area (Å²) in [6.07, 6.45) is 2.73. The number of rotatable bonds is 2. The highest BCUT2D eigenvalue weighted by Crippen LogP contribution is 2.27. The van der Waals surface area contributed by atoms with Crippen LogP contribution in [0.3, 0.4) is 0 Å². The molecule has 0 bridgehead atoms. The molecule has 2 aliphatic rings. The molecule has 0 saturated carbocycles. The summed E-state index contributed by atoms with van der Waals surface area (Å²) in [5.41, 5.74) is 2.56. The number of hydrogen-bond acceptors (Lipinski definition) is 5. The summed E-state index contributed by atoms with van der Waals surface area (Å²) < 4.78 is 5.31. The Bertz CT molecular complexity index is 748. The number of hydrogen-bond donors (Lipinski definition) is 1. The van der Waals surface area contributed by atoms with E-state index in [1.165, 1.54) is 11.1 Å². The van der Waals surface area contributed by atoms with Gasteiger partial charge in [0, 0.05) is 19.6 Å². The number of aromatic nitrogens is 2. The predicted octanol–water partition coefficient (Wildman–Crippen LogP) is 2.22. The SMILES string of the molecule is Cc1noc(C2CCCN(C(=O)C3Cc4ccccc4CN3)C2)n1.Cl. The van der Waals surface area contributed by atoms with E-state index in [0.717, 1.165) is 32.4 Å². The lowest BCUT2D eigenvalue weighted by molar-refractivity contribution is -0.135. The Morgan fingerprint density at radius 3 is 2.88 bits per heavy atom. The van der Waals surface area contributed by atoms with Gasteiger partial charge in [0.05, 0.1) is 12.0 Å². The molecule has 2 aromatic rings. The Balaban J connectivity index is 0.00000182. The van der Waals surface area contributed by atoms with Gasteiger partial charge in [-0.1, -0.05) is 29.4 Å². The first-order valence-electron chi connectivity index (χ1n) is 8.60. The van der Waals surface area contributed by atoms with Gasteiger partial charge in [-0.15, -0.1) is 12.4 Å². The maximum atomic E-state index is 12.9. The van der Waals surface area contributed by atoms with E-state index in [0.29, 0.717) is 18.3 Å². The van der Waals surface area contributed by atoms with Crippen molar-refractivity contribution in [3.63, 3.8) is 0 Å². The molecule has 1 aromatic carbocycles. The summed E-state index contributed by atoms with van der Waals surface area (Å²) in [5.74, 6) is 1.65. The second kappa shape index (κ2) is 7.54. The number of fused-ring (bicyclic) bond motifs is 1. The molecular weight excluding hydrogens is 340 g/mol. The van der Waals surface area contributed by atoms with Crippen LogP contribution in [0.4, 0.5) is 0 Å². The van der Waals surface area contributed by atoms with Crippen LogP contribution >= 0.6 is 12.4 Å². The Kier molecular flexibility index (Phi) is 5.39. The summed E-state index contributed by atoms with van der Waals surface area (Å²) in [6.45, 7) is 4.05. The average Bonchev–Trinajstić information content (AvgIpc) is 3.07. The van der Waals surface area contributed by atoms with Crippen LogP contribution in [0.1, 0.15) is 41.6 Å². The Morgan fingerprint density at radius 1 is 1.32 bits per heavy atom. The quantitative estimate of drug-likeness (QED) is 0.887. The average molecular weight is 363 g/mol. The van der Waals surface area contributed by atoms with Gasteiger partial charge in [0.15, 0.2) is 5.82 Å². The molecule has 25 heavy (non-hydrogen) atoms. The van der Waals surface area contributed by atoms with E-state index in [2.05, 4.69) is 27.6 Å². The lowest BCUT2D eigenvalue weighted by atomic mass is 9.93. The minimum absolute atomic E-state index is 0. The maximum absolute atomic E-state index is 12.9. The summed E-state index contributed by atoms with van der Waals surface area (Å²) in [6, 6.07) is 8.20. The van der Waals surface area contributed by atoms with Crippen molar-refractivity contribution in [3.05, 3.63) is 47.1 Å². The van der Waals surface area contributed by atoms with E-state index < -0.39 is 0 Å². The highest BCUT2D eigenvalue weighted by molar-refractivity contribution is 5.85. The fourth-order valence-corrected chi connectivity index (χ4v) is 3.71. The van der Waals surface area contributed by atoms with Gasteiger partial charge < -0.3 is 14.7 Å². The van der Waals surface area contributed by atoms with Crippen LogP contribution in [-0.2, 0) is 17.8 Å². The number of nitrogens with zero attached hydrogens (tertiary/aromatic N) is 3. The lowest BCUT2D eigenvalue weighted by Gasteiger charge is -2.35. The molecule has 1 aromatic heterocycles. The van der Waals surface area contributed by atoms with E-state index in [-0.39, 0.29) is 30.3 Å². The molecule has 0 aliphatic carbocycles. The number of carbonyl (C=O) groups excluding carboxylic acids is 1. The molecule has 7 heteroatoms. The summed E-state index contributed by atoms with van der Waals surface area (Å²) in [5, 5.41) is 7.26. The van der Waals surface area contributed by atoms with Gasteiger partial charge in [0.25, 0.3) is 0 Å². The Morgan fingerprint density at radius 2 is 2.12 bits per heavy atom. The third kappa shape index (κ3) is 3.70. The highest BCUT2D eigenvalue weighted by Gasteiger charge is 2.33. The first-order chi connectivity index (χ1) is 11.7. The number of aryl methyl sites for hydroxylation is 1. The molecule has 2 unspecified atom stereocenters. The van der Waals surface area contributed by atoms with E-state index in [9.17, 15) is 4.79 Å². The van der Waals surface area contributed by atoms with Crippen LogP contribution in [-0.4, -0.2) is 40.1 Å². The molecule has 2 atom stereocenters. The minimum Gasteiger partial charge on any atom is -0.341 e. The number of likely N-dealkylation sites (tertiary alicyclic amines) is 1. The van der Waals surface area contributed by atoms with Crippen LogP contribution in [0.15, 0.2) is 28.8 Å². The Labute approximate surface area is 153 Å². The molecule has 0 spiro atoms. The van der Waals surface area contributed by atoms with Crippen molar-refractivity contribution >= 4 is 18.3 Å². The number of amides is 1. The lowest BCUT2D eigenvalue weighted by Crippen LogP contribution is -2.51. The fourth-order valence-electron chi connectivity index (χ4n) is 3.71. The van der Waals surface area contributed by atoms with Crippen molar-refractivity contribution in [1.82, 2.24) is 20.4 Å². The van der Waals surface area contributed by atoms with Gasteiger partial charge in [-0.3, -0.25) is 4.79 Å². The van der Waals surface area contributed by atoms with Gasteiger partial charge in [-0.2, -0.15) is 4.98 Å². The molecule has 6 nitrogen and oxygen atoms in total. The summed E-state index contributed by atoms with van der Waals surface area (Å²) in [4.78, 5) is 19.2. The molecule has 1 amide bonds. The van der Waals surface area contributed by atoms with Crippen molar-refractivity contribution in [2.24, 2.45) is 0 Å². The van der Waals surface area contributed by atoms with Gasteiger partial charge in [0.1, 0.15) is 0 Å². The summed E-state index contributed by atoms with van der Waals surface area (Å²) in [7, 11) is 0. The summed E-state index contributed by atoms with van der Waals surface area (Å²) >= 11 is 0. The van der Waals surface area contributed by atoms with Gasteiger partial charge in [-0.25, -0.2) is 0 Å². The number of nitrogens with one attached hydrogen (secondary N) is 1. The molecule has 2 aliphatic heterocycles. The standard InChI is InChI=1S/C18H22N4O2.ClH/c1-12-20-17(24-21-12)15-7-4-8-22(11-15)18(23)16-9-13-5-2-3-6-14(13)10-19-16;/h2-3,5-6,15-16,19H,4,7-11H2,1H3;1H. The van der Waals surface area contributed by atoms with Crippen molar-refractivity contribution in [2.45, 2.75) is 44.7 Å². The normalized spacial score (nSPS) is 22.8. The topological polar surface area (TPSA) is 71.3 Å². The van der Waals surface area contributed by atoms with Gasteiger partial charge >= 0.3 is 0 Å². The molecule has 1 fully saturated rings. The molecule has 134 valence electrons. The van der Waals surface area contributed by atoms with E-state index >= 15 is 0 Å². The highest BCUT2D eigenvalue weighted by atomic mass is 35.5. The largest absolute Gasteiger partial charge is 0.341 e. The van der Waals surface area contributed by atoms with Crippen LogP contribution < -0.4 is 5.32 Å². The van der Waals surface area contributed by atoms with Crippen LogP contribution in [0, 0.1) is 6.92 Å². The third-order valence-electron chi connectivity index (χ3n) is 5.01. The number of carbonyl (C=O) groups is 1. The molecule has 4 rings (SSSR count). The molecular formula is C18H23ClN4O2. The van der Waals surface area contributed by atoms with Crippen LogP contribution in [0.25, 0.3) is 0 Å². The van der Waals surface area contributed by atoms with Crippen molar-refractivity contribution in [3.8, 4) is 0 Å². The number of halogens is 1. The first kappa shape index (κ1) is 17.9. The van der Waals surface area contributed by atoms with Crippen LogP contribution in [0.2, 0.25) is 0 Å². The van der Waals surface area contributed by atoms with Crippen molar-refractivity contribution in [2.75, 3.05) is 13.1 Å². The number of benzene rings is 1. The third-order valence-corrected chi connectivity index (χ3v) is 5.01. The molecule has 1 N–H and O–H groups in total. The fraction of sp³-hybridized carbons (Fsp3) is 0.500. The van der Waals surface area contributed by atoms with Crippen LogP contribution in [0.5, 0.6) is 0 Å². The minimum atomic E-state index is -0.136. The second-order valence-electron chi connectivity index (χ2n) is 6.71. The first-order valence-corrected chi connectivity index (χ1v) is 8.60. The van der Waals surface area contributed by atoms with Gasteiger partial charge in [-0.05, 0) is 37.3 Å². The van der Waals surface area contributed by atoms with E-state index in [4.69, 9.17) is 4.52 Å². The monoisotopic (exact) mass is 362 g/mol. The van der Waals surface area contributed by atoms with Crippen molar-refractivity contribution < 1.29 is 9.32 Å². The molecule has 0 radical (unpaired) electrons. The molecule has 1 saturated heterocycles. The zero-order valence-corrected chi connectivity index (χ0v) is 15.1. The smallest absolute Gasteiger partial charge is 0.240 e. The second-order valence-corrected chi connectivity index (χ2v) is 6.71. The molecule has 3 heterocycles. The van der Waals surface area contributed by atoms with Gasteiger partial charge in [0.2, 0.25) is 11.8 Å². The number of piperidine rings is 1. The van der Waals surface area contributed by atoms with E-state index in [1.54, 1.807) is 0 Å². The van der Waals surface area contributed by atoms with E-state index in [1.807, 2.05) is 24.0 Å². The van der Waals surface area contributed by atoms with Crippen molar-refractivity contribution in [1.29, 1.82) is 0 Å². The zero-order valence-electron chi connectivity index (χ0n) is 14.3. The maximum Gasteiger partial charge on any atom is 0.240 e. The predicted molar refractivity (Wildman–Crippen MR) is 95.6 cm³/mol. The zero-order chi connectivity index (χ0) is 16.5. The Hall–Kier alpha value is -1.92.